The van der Waals surface area contributed by atoms with Crippen LogP contribution in [0.3, 0.4) is 0 Å². The van der Waals surface area contributed by atoms with Gasteiger partial charge in [-0.25, -0.2) is 4.99 Å². The van der Waals surface area contributed by atoms with E-state index in [-0.39, 0.29) is 0 Å². The van der Waals surface area contributed by atoms with Crippen LogP contribution in [0.4, 0.5) is 0 Å². The van der Waals surface area contributed by atoms with Crippen LogP contribution in [0.5, 0.6) is 0 Å². The van der Waals surface area contributed by atoms with E-state index >= 15 is 0 Å². The maximum atomic E-state index is 5.46. The highest BCUT2D eigenvalue weighted by Crippen LogP contribution is 2.14. The average molecular weight is 381 g/mol. The molecule has 0 amide bonds. The summed E-state index contributed by atoms with van der Waals surface area (Å²) in [5.41, 5.74) is 3.98. The molecule has 0 unspecified atom stereocenters. The molecule has 2 aromatic rings. The fraction of sp³-hybridized carbons (Fsp3) is 0.435. The molecule has 2 N–H and O–H groups in total. The second-order valence-electron chi connectivity index (χ2n) is 7.01. The molecule has 0 aromatic heterocycles. The maximum Gasteiger partial charge on any atom is 0.191 e. The van der Waals surface area contributed by atoms with Crippen LogP contribution in [0.25, 0.3) is 0 Å². The zero-order chi connectivity index (χ0) is 19.4. The third kappa shape index (κ3) is 6.66. The smallest absolute Gasteiger partial charge is 0.191 e. The van der Waals surface area contributed by atoms with E-state index in [1.807, 2.05) is 0 Å². The van der Waals surface area contributed by atoms with Gasteiger partial charge in [-0.1, -0.05) is 54.6 Å². The monoisotopic (exact) mass is 380 g/mol. The normalized spacial score (nSPS) is 15.4. The molecule has 0 spiro atoms. The largest absolute Gasteiger partial charge is 0.379 e. The zero-order valence-electron chi connectivity index (χ0n) is 16.9. The summed E-state index contributed by atoms with van der Waals surface area (Å²) in [5.74, 6) is 0.875. The van der Waals surface area contributed by atoms with Crippen LogP contribution in [0.2, 0.25) is 0 Å². The van der Waals surface area contributed by atoms with Crippen molar-refractivity contribution in [3.8, 4) is 0 Å². The van der Waals surface area contributed by atoms with Gasteiger partial charge in [0.2, 0.25) is 0 Å². The Balaban J connectivity index is 1.57. The Hall–Kier alpha value is -2.37. The molecule has 1 aliphatic rings. The third-order valence-corrected chi connectivity index (χ3v) is 4.92. The molecule has 5 nitrogen and oxygen atoms in total. The first-order valence-electron chi connectivity index (χ1n) is 10.3. The van der Waals surface area contributed by atoms with Gasteiger partial charge in [-0.3, -0.25) is 4.90 Å². The van der Waals surface area contributed by atoms with Crippen molar-refractivity contribution in [3.05, 3.63) is 71.3 Å². The van der Waals surface area contributed by atoms with Gasteiger partial charge in [0.15, 0.2) is 5.96 Å². The molecule has 3 rings (SSSR count). The van der Waals surface area contributed by atoms with Gasteiger partial charge in [0.05, 0.1) is 19.8 Å². The molecule has 150 valence electrons. The second-order valence-corrected chi connectivity index (χ2v) is 7.01. The van der Waals surface area contributed by atoms with Crippen molar-refractivity contribution < 1.29 is 4.74 Å². The molecule has 0 radical (unpaired) electrons. The predicted octanol–water partition coefficient (Wildman–Crippen LogP) is 2.82. The second kappa shape index (κ2) is 11.5. The van der Waals surface area contributed by atoms with Crippen LogP contribution < -0.4 is 10.6 Å². The van der Waals surface area contributed by atoms with E-state index in [4.69, 9.17) is 9.73 Å². The van der Waals surface area contributed by atoms with Crippen LogP contribution >= 0.6 is 0 Å². The summed E-state index contributed by atoms with van der Waals surface area (Å²) in [5, 5.41) is 6.80. The fourth-order valence-electron chi connectivity index (χ4n) is 3.34. The van der Waals surface area contributed by atoms with E-state index in [9.17, 15) is 0 Å². The Morgan fingerprint density at radius 1 is 0.964 bits per heavy atom. The molecular formula is C23H32N4O. The number of rotatable bonds is 8. The van der Waals surface area contributed by atoms with E-state index in [0.29, 0.717) is 6.54 Å². The Morgan fingerprint density at radius 2 is 1.68 bits per heavy atom. The summed E-state index contributed by atoms with van der Waals surface area (Å²) in [6.45, 7) is 9.13. The van der Waals surface area contributed by atoms with Gasteiger partial charge >= 0.3 is 0 Å². The summed E-state index contributed by atoms with van der Waals surface area (Å²) in [6, 6.07) is 19.2. The van der Waals surface area contributed by atoms with Crippen molar-refractivity contribution in [2.75, 3.05) is 39.4 Å². The molecule has 1 saturated heterocycles. The molecule has 5 heteroatoms. The molecule has 0 saturated carbocycles. The number of aliphatic imine (C=N–C) groups is 1. The van der Waals surface area contributed by atoms with Crippen molar-refractivity contribution >= 4 is 5.96 Å². The Bertz CT molecular complexity index is 726. The number of morpholine rings is 1. The SMILES string of the molecule is CCNC(=NCc1ccccc1CN1CCOCC1)NCCc1ccccc1. The van der Waals surface area contributed by atoms with E-state index in [2.05, 4.69) is 77.1 Å². The van der Waals surface area contributed by atoms with Crippen LogP contribution in [0.1, 0.15) is 23.6 Å². The lowest BCUT2D eigenvalue weighted by atomic mass is 10.1. The molecule has 2 aromatic carbocycles. The number of benzene rings is 2. The highest BCUT2D eigenvalue weighted by Gasteiger charge is 2.12. The van der Waals surface area contributed by atoms with Crippen LogP contribution in [0.15, 0.2) is 59.6 Å². The first-order chi connectivity index (χ1) is 13.8. The number of hydrogen-bond acceptors (Lipinski definition) is 3. The molecule has 0 atom stereocenters. The van der Waals surface area contributed by atoms with Crippen LogP contribution in [0, 0.1) is 0 Å². The van der Waals surface area contributed by atoms with Crippen molar-refractivity contribution in [2.24, 2.45) is 4.99 Å². The van der Waals surface area contributed by atoms with Crippen molar-refractivity contribution in [1.29, 1.82) is 0 Å². The van der Waals surface area contributed by atoms with Crippen molar-refractivity contribution in [3.63, 3.8) is 0 Å². The predicted molar refractivity (Wildman–Crippen MR) is 116 cm³/mol. The summed E-state index contributed by atoms with van der Waals surface area (Å²) < 4.78 is 5.46. The van der Waals surface area contributed by atoms with Crippen LogP contribution in [-0.2, 0) is 24.2 Å². The van der Waals surface area contributed by atoms with Gasteiger partial charge in [-0.05, 0) is 30.0 Å². The van der Waals surface area contributed by atoms with E-state index in [1.165, 1.54) is 16.7 Å². The van der Waals surface area contributed by atoms with Gasteiger partial charge < -0.3 is 15.4 Å². The van der Waals surface area contributed by atoms with Gasteiger partial charge in [-0.15, -0.1) is 0 Å². The van der Waals surface area contributed by atoms with Gasteiger partial charge in [0.25, 0.3) is 0 Å². The summed E-state index contributed by atoms with van der Waals surface area (Å²) in [6.07, 6.45) is 0.985. The van der Waals surface area contributed by atoms with Crippen molar-refractivity contribution in [1.82, 2.24) is 15.5 Å². The molecule has 1 heterocycles. The summed E-state index contributed by atoms with van der Waals surface area (Å²) >= 11 is 0. The minimum absolute atomic E-state index is 0.682. The van der Waals surface area contributed by atoms with E-state index in [0.717, 1.165) is 58.3 Å². The maximum absolute atomic E-state index is 5.46. The number of ether oxygens (including phenoxy) is 1. The van der Waals surface area contributed by atoms with E-state index < -0.39 is 0 Å². The Kier molecular flexibility index (Phi) is 8.34. The zero-order valence-corrected chi connectivity index (χ0v) is 16.9. The first-order valence-corrected chi connectivity index (χ1v) is 10.3. The number of nitrogens with zero attached hydrogens (tertiary/aromatic N) is 2. The number of nitrogens with one attached hydrogen (secondary N) is 2. The average Bonchev–Trinajstić information content (AvgIpc) is 2.74. The lowest BCUT2D eigenvalue weighted by Gasteiger charge is -2.27. The van der Waals surface area contributed by atoms with Gasteiger partial charge in [-0.2, -0.15) is 0 Å². The molecule has 0 aliphatic carbocycles. The third-order valence-electron chi connectivity index (χ3n) is 4.92. The highest BCUT2D eigenvalue weighted by molar-refractivity contribution is 5.79. The van der Waals surface area contributed by atoms with Crippen LogP contribution in [-0.4, -0.2) is 50.3 Å². The topological polar surface area (TPSA) is 48.9 Å². The minimum atomic E-state index is 0.682. The lowest BCUT2D eigenvalue weighted by Crippen LogP contribution is -2.38. The summed E-state index contributed by atoms with van der Waals surface area (Å²) in [4.78, 5) is 7.27. The van der Waals surface area contributed by atoms with Gasteiger partial charge in [0, 0.05) is 32.7 Å². The Labute approximate surface area is 168 Å². The number of guanidine groups is 1. The standard InChI is InChI=1S/C23H32N4O/c1-2-24-23(25-13-12-20-8-4-3-5-9-20)26-18-21-10-6-7-11-22(21)19-27-14-16-28-17-15-27/h3-11H,2,12-19H2,1H3,(H2,24,25,26). The van der Waals surface area contributed by atoms with E-state index in [1.54, 1.807) is 0 Å². The highest BCUT2D eigenvalue weighted by atomic mass is 16.5. The molecule has 28 heavy (non-hydrogen) atoms. The van der Waals surface area contributed by atoms with Gasteiger partial charge in [0.1, 0.15) is 0 Å². The quantitative estimate of drug-likeness (QED) is 0.546. The lowest BCUT2D eigenvalue weighted by molar-refractivity contribution is 0.0341. The molecule has 0 bridgehead atoms. The molecular weight excluding hydrogens is 348 g/mol. The summed E-state index contributed by atoms with van der Waals surface area (Å²) in [7, 11) is 0. The first kappa shape index (κ1) is 20.4. The number of hydrogen-bond donors (Lipinski definition) is 2. The minimum Gasteiger partial charge on any atom is -0.379 e. The Morgan fingerprint density at radius 3 is 2.43 bits per heavy atom. The molecule has 1 fully saturated rings. The fourth-order valence-corrected chi connectivity index (χ4v) is 3.34. The molecule has 1 aliphatic heterocycles. The van der Waals surface area contributed by atoms with Crippen molar-refractivity contribution in [2.45, 2.75) is 26.4 Å².